The van der Waals surface area contributed by atoms with E-state index < -0.39 is 0 Å². The molecule has 0 bridgehead atoms. The number of amides is 1. The summed E-state index contributed by atoms with van der Waals surface area (Å²) in [5.41, 5.74) is 10.1. The highest BCUT2D eigenvalue weighted by molar-refractivity contribution is 5.94. The molecule has 4 heteroatoms. The van der Waals surface area contributed by atoms with Crippen LogP contribution in [0.5, 0.6) is 0 Å². The zero-order valence-corrected chi connectivity index (χ0v) is 18.8. The normalized spacial score (nSPS) is 15.7. The van der Waals surface area contributed by atoms with Crippen molar-refractivity contribution in [2.24, 2.45) is 0 Å². The molecule has 1 saturated carbocycles. The lowest BCUT2D eigenvalue weighted by Crippen LogP contribution is -2.17. The maximum absolute atomic E-state index is 11.8. The number of hydrogen-bond donors (Lipinski definition) is 2. The summed E-state index contributed by atoms with van der Waals surface area (Å²) in [7, 11) is 1.64. The molecule has 2 N–H and O–H groups in total. The summed E-state index contributed by atoms with van der Waals surface area (Å²) in [5, 5.41) is 6.22. The van der Waals surface area contributed by atoms with Crippen molar-refractivity contribution >= 4 is 11.6 Å². The number of aromatic nitrogens is 1. The van der Waals surface area contributed by atoms with Gasteiger partial charge in [-0.05, 0) is 79.5 Å². The molecule has 0 radical (unpaired) electrons. The Balaban J connectivity index is 1.38. The summed E-state index contributed by atoms with van der Waals surface area (Å²) in [4.78, 5) is 16.5. The van der Waals surface area contributed by atoms with E-state index in [0.717, 1.165) is 41.0 Å². The van der Waals surface area contributed by atoms with Crippen LogP contribution in [-0.4, -0.2) is 17.9 Å². The molecule has 0 unspecified atom stereocenters. The molecule has 1 amide bonds. The third-order valence-corrected chi connectivity index (χ3v) is 7.05. The van der Waals surface area contributed by atoms with Crippen molar-refractivity contribution in [1.82, 2.24) is 10.3 Å². The Morgan fingerprint density at radius 1 is 1.03 bits per heavy atom. The minimum Gasteiger partial charge on any atom is -0.357 e. The summed E-state index contributed by atoms with van der Waals surface area (Å²) >= 11 is 0. The average Bonchev–Trinajstić information content (AvgIpc) is 3.50. The summed E-state index contributed by atoms with van der Waals surface area (Å²) in [6, 6.07) is 16.8. The number of nitrogens with zero attached hydrogens (tertiary/aromatic N) is 1. The summed E-state index contributed by atoms with van der Waals surface area (Å²) in [5.74, 6) is -0.0839. The topological polar surface area (TPSA) is 54.0 Å². The number of carbonyl (C=O) groups excluding carboxylic acids is 1. The number of carbonyl (C=O) groups is 1. The Morgan fingerprint density at radius 3 is 2.50 bits per heavy atom. The number of fused-ring (bicyclic) bond motifs is 1. The molecule has 32 heavy (non-hydrogen) atoms. The van der Waals surface area contributed by atoms with Gasteiger partial charge >= 0.3 is 0 Å². The smallest absolute Gasteiger partial charge is 0.251 e. The molecule has 0 atom stereocenters. The van der Waals surface area contributed by atoms with E-state index in [1.165, 1.54) is 36.0 Å². The van der Waals surface area contributed by atoms with E-state index in [2.05, 4.69) is 46.5 Å². The monoisotopic (exact) mass is 423 g/mol. The van der Waals surface area contributed by atoms with Crippen molar-refractivity contribution in [2.45, 2.75) is 44.4 Å². The lowest BCUT2D eigenvalue weighted by Gasteiger charge is -2.22. The first-order valence-electron chi connectivity index (χ1n) is 11.4. The highest BCUT2D eigenvalue weighted by atomic mass is 16.1. The molecule has 4 nitrogen and oxygen atoms in total. The van der Waals surface area contributed by atoms with E-state index in [1.54, 1.807) is 7.05 Å². The number of hydrogen-bond acceptors (Lipinski definition) is 3. The SMILES string of the molecule is C=C(Nc1cnc(C)c(-c2ccc(C(=O)NC)cc2)c1)C1(c2ccc3c(c2)CCC3)CC1. The minimum absolute atomic E-state index is 0.0256. The Morgan fingerprint density at radius 2 is 1.78 bits per heavy atom. The van der Waals surface area contributed by atoms with Gasteiger partial charge in [-0.2, -0.15) is 0 Å². The minimum atomic E-state index is -0.0839. The fraction of sp³-hybridized carbons (Fsp3) is 0.286. The van der Waals surface area contributed by atoms with Gasteiger partial charge in [-0.1, -0.05) is 36.9 Å². The molecule has 1 fully saturated rings. The van der Waals surface area contributed by atoms with E-state index in [-0.39, 0.29) is 11.3 Å². The van der Waals surface area contributed by atoms with Crippen LogP contribution in [0.3, 0.4) is 0 Å². The van der Waals surface area contributed by atoms with Gasteiger partial charge in [0.25, 0.3) is 5.91 Å². The molecule has 0 saturated heterocycles. The maximum atomic E-state index is 11.8. The van der Waals surface area contributed by atoms with Crippen LogP contribution in [0.2, 0.25) is 0 Å². The second-order valence-corrected chi connectivity index (χ2v) is 9.04. The highest BCUT2D eigenvalue weighted by Crippen LogP contribution is 2.53. The molecule has 1 heterocycles. The van der Waals surface area contributed by atoms with Crippen LogP contribution in [0.15, 0.2) is 67.0 Å². The van der Waals surface area contributed by atoms with Gasteiger partial charge in [-0.25, -0.2) is 0 Å². The summed E-state index contributed by atoms with van der Waals surface area (Å²) in [6.07, 6.45) is 7.82. The van der Waals surface area contributed by atoms with Gasteiger partial charge in [-0.3, -0.25) is 9.78 Å². The van der Waals surface area contributed by atoms with Crippen molar-refractivity contribution in [1.29, 1.82) is 0 Å². The van der Waals surface area contributed by atoms with Crippen molar-refractivity contribution in [3.63, 3.8) is 0 Å². The molecular weight excluding hydrogens is 394 g/mol. The molecule has 5 rings (SSSR count). The third-order valence-electron chi connectivity index (χ3n) is 7.05. The van der Waals surface area contributed by atoms with Gasteiger partial charge in [0.15, 0.2) is 0 Å². The Hall–Kier alpha value is -3.40. The van der Waals surface area contributed by atoms with Crippen molar-refractivity contribution in [2.75, 3.05) is 12.4 Å². The number of nitrogens with one attached hydrogen (secondary N) is 2. The van der Waals surface area contributed by atoms with Crippen LogP contribution < -0.4 is 10.6 Å². The van der Waals surface area contributed by atoms with E-state index in [0.29, 0.717) is 5.56 Å². The zero-order valence-electron chi connectivity index (χ0n) is 18.8. The van der Waals surface area contributed by atoms with E-state index in [4.69, 9.17) is 0 Å². The molecule has 3 aromatic rings. The number of pyridine rings is 1. The van der Waals surface area contributed by atoms with Gasteiger partial charge in [0.05, 0.1) is 11.9 Å². The third kappa shape index (κ3) is 3.60. The second-order valence-electron chi connectivity index (χ2n) is 9.04. The van der Waals surface area contributed by atoms with Gasteiger partial charge < -0.3 is 10.6 Å². The van der Waals surface area contributed by atoms with E-state index in [1.807, 2.05) is 37.4 Å². The Kier molecular flexibility index (Phi) is 5.09. The number of benzene rings is 2. The molecular formula is C28H29N3O. The van der Waals surface area contributed by atoms with Crippen LogP contribution in [0, 0.1) is 6.92 Å². The Bertz CT molecular complexity index is 1210. The first-order chi connectivity index (χ1) is 15.5. The van der Waals surface area contributed by atoms with Crippen LogP contribution in [-0.2, 0) is 18.3 Å². The van der Waals surface area contributed by atoms with Gasteiger partial charge in [0.2, 0.25) is 0 Å². The molecule has 0 aliphatic heterocycles. The first-order valence-corrected chi connectivity index (χ1v) is 11.4. The number of rotatable bonds is 6. The van der Waals surface area contributed by atoms with Crippen LogP contribution in [0.4, 0.5) is 5.69 Å². The first kappa shape index (κ1) is 20.5. The van der Waals surface area contributed by atoms with Gasteiger partial charge in [0, 0.05) is 35.0 Å². The molecule has 2 aliphatic carbocycles. The lowest BCUT2D eigenvalue weighted by molar-refractivity contribution is 0.0963. The molecule has 2 aromatic carbocycles. The average molecular weight is 424 g/mol. The number of anilines is 1. The van der Waals surface area contributed by atoms with Gasteiger partial charge in [0.1, 0.15) is 0 Å². The van der Waals surface area contributed by atoms with Crippen LogP contribution in [0.1, 0.15) is 52.0 Å². The fourth-order valence-corrected chi connectivity index (χ4v) is 4.89. The largest absolute Gasteiger partial charge is 0.357 e. The van der Waals surface area contributed by atoms with Crippen LogP contribution >= 0.6 is 0 Å². The fourth-order valence-electron chi connectivity index (χ4n) is 4.89. The van der Waals surface area contributed by atoms with Gasteiger partial charge in [-0.15, -0.1) is 0 Å². The second kappa shape index (κ2) is 7.94. The van der Waals surface area contributed by atoms with E-state index >= 15 is 0 Å². The molecule has 0 spiro atoms. The standard InChI is InChI=1S/C28H29N3O/c1-18-26(21-7-9-22(10-8-21)27(32)29-3)16-25(17-30-18)31-19(2)28(13-14-28)24-12-11-20-5-4-6-23(20)15-24/h7-12,15-17,31H,2,4-6,13-14H2,1,3H3,(H,29,32). The predicted molar refractivity (Wildman–Crippen MR) is 130 cm³/mol. The molecule has 2 aliphatic rings. The van der Waals surface area contributed by atoms with Crippen molar-refractivity contribution < 1.29 is 4.79 Å². The Labute approximate surface area is 189 Å². The van der Waals surface area contributed by atoms with Crippen molar-refractivity contribution in [3.8, 4) is 11.1 Å². The summed E-state index contributed by atoms with van der Waals surface area (Å²) < 4.78 is 0. The number of aryl methyl sites for hydroxylation is 3. The maximum Gasteiger partial charge on any atom is 0.251 e. The molecule has 162 valence electrons. The number of allylic oxidation sites excluding steroid dienone is 1. The highest BCUT2D eigenvalue weighted by Gasteiger charge is 2.47. The predicted octanol–water partition coefficient (Wildman–Crippen LogP) is 5.56. The van der Waals surface area contributed by atoms with Crippen LogP contribution in [0.25, 0.3) is 11.1 Å². The lowest BCUT2D eigenvalue weighted by atomic mass is 9.90. The molecule has 1 aromatic heterocycles. The zero-order chi connectivity index (χ0) is 22.3. The van der Waals surface area contributed by atoms with Crippen molar-refractivity contribution in [3.05, 3.63) is 95.0 Å². The van der Waals surface area contributed by atoms with E-state index in [9.17, 15) is 4.79 Å². The quantitative estimate of drug-likeness (QED) is 0.546. The summed E-state index contributed by atoms with van der Waals surface area (Å²) in [6.45, 7) is 6.44.